The molecular weight excluding hydrogens is 550 g/mol. The van der Waals surface area contributed by atoms with Crippen LogP contribution in [0.1, 0.15) is 73.1 Å². The van der Waals surface area contributed by atoms with E-state index in [0.29, 0.717) is 47.7 Å². The van der Waals surface area contributed by atoms with Gasteiger partial charge in [0.1, 0.15) is 18.9 Å². The number of sulfonamides is 1. The molecule has 9 heteroatoms. The summed E-state index contributed by atoms with van der Waals surface area (Å²) in [5.74, 6) is -0.306. The lowest BCUT2D eigenvalue weighted by Crippen LogP contribution is -2.40. The first-order chi connectivity index (χ1) is 19.8. The van der Waals surface area contributed by atoms with E-state index in [1.54, 1.807) is 25.2 Å². The van der Waals surface area contributed by atoms with Gasteiger partial charge in [0.2, 0.25) is 15.9 Å². The fourth-order valence-electron chi connectivity index (χ4n) is 4.72. The Kier molecular flexibility index (Phi) is 10.8. The Labute approximate surface area is 250 Å². The molecule has 3 aromatic rings. The van der Waals surface area contributed by atoms with Crippen LogP contribution in [0.15, 0.2) is 60.7 Å². The van der Waals surface area contributed by atoms with Gasteiger partial charge in [0.25, 0.3) is 5.91 Å². The van der Waals surface area contributed by atoms with Gasteiger partial charge in [-0.05, 0) is 60.6 Å². The van der Waals surface area contributed by atoms with Gasteiger partial charge in [0, 0.05) is 23.9 Å². The summed E-state index contributed by atoms with van der Waals surface area (Å²) < 4.78 is 34.7. The lowest BCUT2D eigenvalue weighted by atomic mass is 9.85. The van der Waals surface area contributed by atoms with Crippen LogP contribution < -0.4 is 19.7 Å². The largest absolute Gasteiger partial charge is 0.488 e. The van der Waals surface area contributed by atoms with E-state index in [1.807, 2.05) is 84.0 Å². The Bertz CT molecular complexity index is 1510. The fraction of sp³-hybridized carbons (Fsp3) is 0.394. The van der Waals surface area contributed by atoms with Crippen molar-refractivity contribution in [3.8, 4) is 5.75 Å². The van der Waals surface area contributed by atoms with Crippen molar-refractivity contribution in [2.24, 2.45) is 0 Å². The molecule has 0 fully saturated rings. The predicted octanol–water partition coefficient (Wildman–Crippen LogP) is 6.11. The Morgan fingerprint density at radius 2 is 1.67 bits per heavy atom. The third-order valence-corrected chi connectivity index (χ3v) is 8.84. The van der Waals surface area contributed by atoms with E-state index in [4.69, 9.17) is 4.74 Å². The minimum absolute atomic E-state index is 0.0936. The summed E-state index contributed by atoms with van der Waals surface area (Å²) in [6, 6.07) is 18.4. The highest BCUT2D eigenvalue weighted by atomic mass is 32.2. The summed E-state index contributed by atoms with van der Waals surface area (Å²) in [4.78, 5) is 25.9. The third kappa shape index (κ3) is 8.12. The van der Waals surface area contributed by atoms with E-state index >= 15 is 0 Å². The number of hydrogen-bond donors (Lipinski definition) is 2. The van der Waals surface area contributed by atoms with Crippen LogP contribution in [0.5, 0.6) is 5.75 Å². The standard InChI is InChI=1S/C33H43N3O5S/c1-8-9-19-42(39,40)36(29-18-15-23(2)31(24(29)3)41-22-25-13-11-10-12-14-25)21-30(37)35-28-20-26(32(38)34-7)16-17-27(28)33(4,5)6/h10-18,20H,8-9,19,21-22H2,1-7H3,(H,34,38)(H,35,37). The van der Waals surface area contributed by atoms with E-state index in [9.17, 15) is 18.0 Å². The van der Waals surface area contributed by atoms with Gasteiger partial charge in [0.15, 0.2) is 0 Å². The van der Waals surface area contributed by atoms with Crippen LogP contribution in [0, 0.1) is 13.8 Å². The van der Waals surface area contributed by atoms with Gasteiger partial charge in [-0.3, -0.25) is 13.9 Å². The van der Waals surface area contributed by atoms with Crippen molar-refractivity contribution in [2.75, 3.05) is 29.0 Å². The minimum Gasteiger partial charge on any atom is -0.488 e. The van der Waals surface area contributed by atoms with Crippen LogP contribution in [0.4, 0.5) is 11.4 Å². The predicted molar refractivity (Wildman–Crippen MR) is 170 cm³/mol. The van der Waals surface area contributed by atoms with Gasteiger partial charge in [0.05, 0.1) is 11.4 Å². The number of hydrogen-bond acceptors (Lipinski definition) is 5. The average Bonchev–Trinajstić information content (AvgIpc) is 2.94. The van der Waals surface area contributed by atoms with Crippen LogP contribution in [0.3, 0.4) is 0 Å². The van der Waals surface area contributed by atoms with Crippen LogP contribution in [-0.2, 0) is 26.8 Å². The molecule has 42 heavy (non-hydrogen) atoms. The van der Waals surface area contributed by atoms with Crippen LogP contribution in [0.25, 0.3) is 0 Å². The number of aryl methyl sites for hydroxylation is 1. The van der Waals surface area contributed by atoms with Crippen LogP contribution in [0.2, 0.25) is 0 Å². The van der Waals surface area contributed by atoms with E-state index in [2.05, 4.69) is 10.6 Å². The normalized spacial score (nSPS) is 11.6. The van der Waals surface area contributed by atoms with Crippen LogP contribution in [-0.4, -0.2) is 39.6 Å². The van der Waals surface area contributed by atoms with Crippen molar-refractivity contribution in [2.45, 2.75) is 66.4 Å². The van der Waals surface area contributed by atoms with Crippen molar-refractivity contribution in [1.29, 1.82) is 0 Å². The molecule has 2 N–H and O–H groups in total. The zero-order valence-electron chi connectivity index (χ0n) is 25.7. The first-order valence-electron chi connectivity index (χ1n) is 14.2. The third-order valence-electron chi connectivity index (χ3n) is 7.04. The summed E-state index contributed by atoms with van der Waals surface area (Å²) in [7, 11) is -2.31. The number of carbonyl (C=O) groups excluding carboxylic acids is 2. The van der Waals surface area contributed by atoms with Gasteiger partial charge >= 0.3 is 0 Å². The molecule has 226 valence electrons. The molecule has 3 aromatic carbocycles. The zero-order chi connectivity index (χ0) is 31.1. The number of rotatable bonds is 12. The molecule has 0 heterocycles. The summed E-state index contributed by atoms with van der Waals surface area (Å²) in [5, 5.41) is 5.50. The van der Waals surface area contributed by atoms with E-state index < -0.39 is 22.5 Å². The van der Waals surface area contributed by atoms with Crippen molar-refractivity contribution in [3.05, 3.63) is 88.5 Å². The van der Waals surface area contributed by atoms with Crippen molar-refractivity contribution in [3.63, 3.8) is 0 Å². The average molecular weight is 594 g/mol. The number of ether oxygens (including phenoxy) is 1. The van der Waals surface area contributed by atoms with Crippen LogP contribution >= 0.6 is 0 Å². The van der Waals surface area contributed by atoms with E-state index in [-0.39, 0.29) is 17.1 Å². The molecule has 0 aromatic heterocycles. The lowest BCUT2D eigenvalue weighted by Gasteiger charge is -2.28. The summed E-state index contributed by atoms with van der Waals surface area (Å²) in [6.45, 7) is 11.6. The maximum absolute atomic E-state index is 13.7. The molecule has 0 unspecified atom stereocenters. The number of nitrogens with zero attached hydrogens (tertiary/aromatic N) is 1. The first kappa shape index (κ1) is 32.7. The summed E-state index contributed by atoms with van der Waals surface area (Å²) in [5.41, 5.74) is 4.23. The molecule has 0 spiro atoms. The monoisotopic (exact) mass is 593 g/mol. The minimum atomic E-state index is -3.86. The molecule has 8 nitrogen and oxygen atoms in total. The van der Waals surface area contributed by atoms with Gasteiger partial charge in [-0.2, -0.15) is 0 Å². The molecule has 0 saturated heterocycles. The zero-order valence-corrected chi connectivity index (χ0v) is 26.5. The molecular formula is C33H43N3O5S. The molecule has 0 aliphatic rings. The smallest absolute Gasteiger partial charge is 0.251 e. The Morgan fingerprint density at radius 3 is 2.29 bits per heavy atom. The molecule has 0 bridgehead atoms. The second-order valence-electron chi connectivity index (χ2n) is 11.4. The van der Waals surface area contributed by atoms with E-state index in [1.165, 1.54) is 4.31 Å². The quantitative estimate of drug-likeness (QED) is 0.264. The lowest BCUT2D eigenvalue weighted by molar-refractivity contribution is -0.114. The number of benzene rings is 3. The maximum Gasteiger partial charge on any atom is 0.251 e. The highest BCUT2D eigenvalue weighted by Gasteiger charge is 2.29. The number of nitrogens with one attached hydrogen (secondary N) is 2. The first-order valence-corrected chi connectivity index (χ1v) is 15.8. The highest BCUT2D eigenvalue weighted by Crippen LogP contribution is 2.35. The molecule has 0 atom stereocenters. The molecule has 0 aliphatic heterocycles. The molecule has 0 saturated carbocycles. The van der Waals surface area contributed by atoms with Gasteiger partial charge in [-0.1, -0.05) is 76.6 Å². The maximum atomic E-state index is 13.7. The molecule has 0 radical (unpaired) electrons. The molecule has 2 amide bonds. The van der Waals surface area contributed by atoms with Crippen molar-refractivity contribution in [1.82, 2.24) is 5.32 Å². The van der Waals surface area contributed by atoms with Gasteiger partial charge < -0.3 is 15.4 Å². The Hall–Kier alpha value is -3.85. The topological polar surface area (TPSA) is 105 Å². The summed E-state index contributed by atoms with van der Waals surface area (Å²) >= 11 is 0. The Balaban J connectivity index is 2.00. The fourth-order valence-corrected chi connectivity index (χ4v) is 6.40. The molecule has 0 aliphatic carbocycles. The number of unbranched alkanes of at least 4 members (excludes halogenated alkanes) is 1. The SMILES string of the molecule is CCCCS(=O)(=O)N(CC(=O)Nc1cc(C(=O)NC)ccc1C(C)(C)C)c1ccc(C)c(OCc2ccccc2)c1C. The van der Waals surface area contributed by atoms with Crippen molar-refractivity contribution >= 4 is 33.2 Å². The number of anilines is 2. The van der Waals surface area contributed by atoms with E-state index in [0.717, 1.165) is 16.7 Å². The highest BCUT2D eigenvalue weighted by molar-refractivity contribution is 7.92. The Morgan fingerprint density at radius 1 is 0.976 bits per heavy atom. The second-order valence-corrected chi connectivity index (χ2v) is 13.5. The number of carbonyl (C=O) groups is 2. The number of amides is 2. The molecule has 3 rings (SSSR count). The summed E-state index contributed by atoms with van der Waals surface area (Å²) in [6.07, 6.45) is 1.16. The van der Waals surface area contributed by atoms with Crippen molar-refractivity contribution < 1.29 is 22.7 Å². The second kappa shape index (κ2) is 13.9. The van der Waals surface area contributed by atoms with Gasteiger partial charge in [-0.15, -0.1) is 0 Å². The van der Waals surface area contributed by atoms with Gasteiger partial charge in [-0.25, -0.2) is 8.42 Å².